The van der Waals surface area contributed by atoms with Gasteiger partial charge < -0.3 is 20.2 Å². The van der Waals surface area contributed by atoms with Crippen LogP contribution in [0.3, 0.4) is 0 Å². The molecule has 2 rings (SSSR count). The second-order valence-electron chi connectivity index (χ2n) is 2.17. The SMILES string of the molecule is [CH3-].[CH3-].[K+].c1ccc2c(c1)[CH-]CN2. The van der Waals surface area contributed by atoms with Crippen LogP contribution in [-0.4, -0.2) is 6.54 Å². The summed E-state index contributed by atoms with van der Waals surface area (Å²) in [5, 5.41) is 3.24. The van der Waals surface area contributed by atoms with Gasteiger partial charge in [0.15, 0.2) is 0 Å². The largest absolute Gasteiger partial charge is 1.00 e. The first-order valence-corrected chi connectivity index (χ1v) is 3.13. The van der Waals surface area contributed by atoms with E-state index in [1.54, 1.807) is 0 Å². The predicted molar refractivity (Wildman–Crippen MR) is 51.2 cm³/mol. The molecule has 1 N–H and O–H groups in total. The Bertz CT molecular complexity index is 200. The molecule has 0 spiro atoms. The Morgan fingerprint density at radius 3 is 2.50 bits per heavy atom. The van der Waals surface area contributed by atoms with Gasteiger partial charge in [0.05, 0.1) is 0 Å². The van der Waals surface area contributed by atoms with Crippen LogP contribution in [0.4, 0.5) is 5.69 Å². The van der Waals surface area contributed by atoms with Gasteiger partial charge in [0.2, 0.25) is 0 Å². The molecule has 0 radical (unpaired) electrons. The van der Waals surface area contributed by atoms with Crippen molar-refractivity contribution >= 4 is 5.69 Å². The second kappa shape index (κ2) is 6.98. The van der Waals surface area contributed by atoms with Crippen molar-refractivity contribution in [1.82, 2.24) is 0 Å². The molecule has 0 amide bonds. The molecule has 1 aromatic carbocycles. The molecule has 0 aliphatic carbocycles. The van der Waals surface area contributed by atoms with Crippen LogP contribution in [0.15, 0.2) is 24.3 Å². The maximum absolute atomic E-state index is 3.24. The van der Waals surface area contributed by atoms with Gasteiger partial charge in [0.1, 0.15) is 0 Å². The van der Waals surface area contributed by atoms with Gasteiger partial charge in [-0.1, -0.05) is 17.8 Å². The molecular weight excluding hydrogens is 173 g/mol. The molecule has 0 fully saturated rings. The molecule has 1 aliphatic heterocycles. The summed E-state index contributed by atoms with van der Waals surface area (Å²) in [7, 11) is 0. The van der Waals surface area contributed by atoms with Crippen molar-refractivity contribution in [2.45, 2.75) is 0 Å². The summed E-state index contributed by atoms with van der Waals surface area (Å²) in [6.07, 6.45) is 2.19. The van der Waals surface area contributed by atoms with Gasteiger partial charge in [0, 0.05) is 0 Å². The number of para-hydroxylation sites is 1. The van der Waals surface area contributed by atoms with Crippen LogP contribution in [0, 0.1) is 21.3 Å². The maximum Gasteiger partial charge on any atom is 1.00 e. The van der Waals surface area contributed by atoms with Crippen LogP contribution >= 0.6 is 0 Å². The van der Waals surface area contributed by atoms with Crippen molar-refractivity contribution in [2.24, 2.45) is 0 Å². The van der Waals surface area contributed by atoms with E-state index in [0.717, 1.165) is 6.54 Å². The summed E-state index contributed by atoms with van der Waals surface area (Å²) in [6, 6.07) is 8.32. The zero-order valence-electron chi connectivity index (χ0n) is 8.09. The van der Waals surface area contributed by atoms with Gasteiger partial charge in [-0.05, 0) is 6.54 Å². The second-order valence-corrected chi connectivity index (χ2v) is 2.17. The quantitative estimate of drug-likeness (QED) is 0.429. The van der Waals surface area contributed by atoms with E-state index in [1.807, 2.05) is 6.07 Å². The van der Waals surface area contributed by atoms with E-state index in [9.17, 15) is 0 Å². The van der Waals surface area contributed by atoms with Crippen molar-refractivity contribution in [1.29, 1.82) is 0 Å². The third-order valence-corrected chi connectivity index (χ3v) is 1.58. The monoisotopic (exact) mass is 187 g/mol. The molecule has 2 heteroatoms. The van der Waals surface area contributed by atoms with E-state index in [2.05, 4.69) is 29.9 Å². The van der Waals surface area contributed by atoms with Gasteiger partial charge >= 0.3 is 51.4 Å². The molecule has 62 valence electrons. The van der Waals surface area contributed by atoms with Crippen LogP contribution in [0.2, 0.25) is 0 Å². The minimum absolute atomic E-state index is 0. The van der Waals surface area contributed by atoms with Crippen molar-refractivity contribution in [3.05, 3.63) is 51.1 Å². The molecule has 0 unspecified atom stereocenters. The molecule has 1 aromatic rings. The first kappa shape index (κ1) is 15.0. The summed E-state index contributed by atoms with van der Waals surface area (Å²) >= 11 is 0. The summed E-state index contributed by atoms with van der Waals surface area (Å²) in [5.41, 5.74) is 2.59. The van der Waals surface area contributed by atoms with E-state index in [1.165, 1.54) is 11.3 Å². The molecule has 0 saturated heterocycles. The van der Waals surface area contributed by atoms with E-state index < -0.39 is 0 Å². The fraction of sp³-hybridized carbons (Fsp3) is 0.100. The van der Waals surface area contributed by atoms with Crippen molar-refractivity contribution < 1.29 is 51.4 Å². The van der Waals surface area contributed by atoms with Crippen LogP contribution in [0.25, 0.3) is 0 Å². The normalized spacial score (nSPS) is 10.3. The molecule has 0 aromatic heterocycles. The maximum atomic E-state index is 3.24. The number of nitrogens with one attached hydrogen (secondary N) is 1. The zero-order chi connectivity index (χ0) is 6.10. The molecule has 1 nitrogen and oxygen atoms in total. The molecule has 0 bridgehead atoms. The average Bonchev–Trinajstić information content (AvgIpc) is 2.33. The zero-order valence-corrected chi connectivity index (χ0v) is 11.2. The Labute approximate surface area is 118 Å². The minimum atomic E-state index is 0. The molecule has 0 atom stereocenters. The Morgan fingerprint density at radius 1 is 1.17 bits per heavy atom. The molecule has 1 heterocycles. The molecule has 0 saturated carbocycles. The molecule has 1 aliphatic rings. The van der Waals surface area contributed by atoms with Crippen LogP contribution < -0.4 is 56.7 Å². The standard InChI is InChI=1S/C8H8N.2CH3.K/c1-2-4-8-7(3-1)5-6-9-8;;;/h1-5,9H,6H2;2*1H3;/q3*-1;+1. The smallest absolute Gasteiger partial charge is 0.443 e. The van der Waals surface area contributed by atoms with E-state index >= 15 is 0 Å². The average molecular weight is 187 g/mol. The third-order valence-electron chi connectivity index (χ3n) is 1.58. The van der Waals surface area contributed by atoms with Gasteiger partial charge in [0.25, 0.3) is 0 Å². The van der Waals surface area contributed by atoms with E-state index in [4.69, 9.17) is 0 Å². The summed E-state index contributed by atoms with van der Waals surface area (Å²) in [6.45, 7) is 0.985. The fourth-order valence-corrected chi connectivity index (χ4v) is 1.11. The fourth-order valence-electron chi connectivity index (χ4n) is 1.11. The van der Waals surface area contributed by atoms with Crippen molar-refractivity contribution in [2.75, 3.05) is 11.9 Å². The molecule has 12 heavy (non-hydrogen) atoms. The van der Waals surface area contributed by atoms with Crippen LogP contribution in [0.5, 0.6) is 0 Å². The van der Waals surface area contributed by atoms with Crippen LogP contribution in [-0.2, 0) is 0 Å². The number of rotatable bonds is 0. The van der Waals surface area contributed by atoms with E-state index in [-0.39, 0.29) is 66.2 Å². The minimum Gasteiger partial charge on any atom is -0.443 e. The summed E-state index contributed by atoms with van der Waals surface area (Å²) < 4.78 is 0. The van der Waals surface area contributed by atoms with Gasteiger partial charge in [-0.2, -0.15) is 18.1 Å². The number of fused-ring (bicyclic) bond motifs is 1. The number of benzene rings is 1. The van der Waals surface area contributed by atoms with Crippen molar-refractivity contribution in [3.8, 4) is 0 Å². The third kappa shape index (κ3) is 3.11. The van der Waals surface area contributed by atoms with Gasteiger partial charge in [-0.25, -0.2) is 0 Å². The number of hydrogen-bond acceptors (Lipinski definition) is 1. The predicted octanol–water partition coefficient (Wildman–Crippen LogP) is -0.431. The van der Waals surface area contributed by atoms with Crippen LogP contribution in [0.1, 0.15) is 5.56 Å². The first-order chi connectivity index (χ1) is 4.47. The number of anilines is 1. The topological polar surface area (TPSA) is 12.0 Å². The van der Waals surface area contributed by atoms with Gasteiger partial charge in [-0.3, -0.25) is 0 Å². The molecular formula is C10H14KN-2. The summed E-state index contributed by atoms with van der Waals surface area (Å²) in [4.78, 5) is 0. The Morgan fingerprint density at radius 2 is 1.83 bits per heavy atom. The first-order valence-electron chi connectivity index (χ1n) is 3.13. The Kier molecular flexibility index (Phi) is 8.74. The van der Waals surface area contributed by atoms with E-state index in [0.29, 0.717) is 0 Å². The Balaban J connectivity index is 0. The van der Waals surface area contributed by atoms with Crippen molar-refractivity contribution in [3.63, 3.8) is 0 Å². The Hall–Kier alpha value is 0.526. The van der Waals surface area contributed by atoms with Gasteiger partial charge in [-0.15, -0.1) is 6.07 Å². The summed E-state index contributed by atoms with van der Waals surface area (Å²) in [5.74, 6) is 0. The number of hydrogen-bond donors (Lipinski definition) is 1.